The van der Waals surface area contributed by atoms with E-state index in [-0.39, 0.29) is 11.6 Å². The number of rotatable bonds is 11. The molecule has 0 amide bonds. The maximum atomic E-state index is 12.1. The average Bonchev–Trinajstić information content (AvgIpc) is 3.41. The van der Waals surface area contributed by atoms with Crippen LogP contribution in [0.5, 0.6) is 0 Å². The van der Waals surface area contributed by atoms with Crippen LogP contribution in [0.1, 0.15) is 51.9 Å². The minimum absolute atomic E-state index is 0.159. The Kier molecular flexibility index (Phi) is 9.04. The van der Waals surface area contributed by atoms with Gasteiger partial charge in [0.05, 0.1) is 24.4 Å². The van der Waals surface area contributed by atoms with Crippen LogP contribution in [0.2, 0.25) is 0 Å². The molecule has 0 aromatic heterocycles. The zero-order chi connectivity index (χ0) is 19.0. The smallest absolute Gasteiger partial charge is 0.171 e. The fourth-order valence-electron chi connectivity index (χ4n) is 4.45. The van der Waals surface area contributed by atoms with Crippen LogP contribution < -0.4 is 0 Å². The molecule has 1 saturated carbocycles. The van der Waals surface area contributed by atoms with Gasteiger partial charge in [-0.2, -0.15) is 0 Å². The zero-order valence-electron chi connectivity index (χ0n) is 16.5. The van der Waals surface area contributed by atoms with Crippen LogP contribution in [0, 0.1) is 11.8 Å². The van der Waals surface area contributed by atoms with Gasteiger partial charge < -0.3 is 14.2 Å². The molecule has 0 bridgehead atoms. The highest BCUT2D eigenvalue weighted by Crippen LogP contribution is 2.49. The van der Waals surface area contributed by atoms with E-state index in [1.807, 2.05) is 6.92 Å². The van der Waals surface area contributed by atoms with E-state index in [4.69, 9.17) is 14.2 Å². The van der Waals surface area contributed by atoms with Gasteiger partial charge in [-0.05, 0) is 38.2 Å². The second kappa shape index (κ2) is 11.2. The summed E-state index contributed by atoms with van der Waals surface area (Å²) >= 11 is 4.24. The van der Waals surface area contributed by atoms with E-state index in [1.165, 1.54) is 30.8 Å². The lowest BCUT2D eigenvalue weighted by molar-refractivity contribution is -0.186. The van der Waals surface area contributed by atoms with Crippen molar-refractivity contribution >= 4 is 29.3 Å². The molecule has 1 aliphatic carbocycles. The van der Waals surface area contributed by atoms with Crippen molar-refractivity contribution in [2.75, 3.05) is 37.9 Å². The van der Waals surface area contributed by atoms with Gasteiger partial charge >= 0.3 is 0 Å². The molecule has 2 atom stereocenters. The third kappa shape index (κ3) is 6.23. The van der Waals surface area contributed by atoms with E-state index in [9.17, 15) is 4.79 Å². The molecule has 27 heavy (non-hydrogen) atoms. The monoisotopic (exact) mass is 414 g/mol. The second-order valence-electron chi connectivity index (χ2n) is 7.55. The highest BCUT2D eigenvalue weighted by molar-refractivity contribution is 8.20. The molecule has 1 spiro atoms. The lowest BCUT2D eigenvalue weighted by Crippen LogP contribution is -2.36. The predicted molar refractivity (Wildman–Crippen MR) is 113 cm³/mol. The Morgan fingerprint density at radius 2 is 1.93 bits per heavy atom. The summed E-state index contributed by atoms with van der Waals surface area (Å²) < 4.78 is 18.3. The van der Waals surface area contributed by atoms with Crippen molar-refractivity contribution in [1.82, 2.24) is 0 Å². The Balaban J connectivity index is 1.49. The summed E-state index contributed by atoms with van der Waals surface area (Å²) in [5.41, 5.74) is 0. The van der Waals surface area contributed by atoms with Crippen LogP contribution in [0.15, 0.2) is 12.2 Å². The number of carbonyl (C=O) groups excluding carboxylic acids is 1. The summed E-state index contributed by atoms with van der Waals surface area (Å²) in [6, 6.07) is 0. The summed E-state index contributed by atoms with van der Waals surface area (Å²) in [6.45, 7) is 4.54. The van der Waals surface area contributed by atoms with Crippen LogP contribution in [-0.2, 0) is 19.0 Å². The fourth-order valence-corrected chi connectivity index (χ4v) is 7.38. The third-order valence-corrected chi connectivity index (χ3v) is 8.98. The molecule has 154 valence electrons. The Morgan fingerprint density at radius 3 is 2.67 bits per heavy atom. The fraction of sp³-hybridized carbons (Fsp3) is 0.857. The van der Waals surface area contributed by atoms with Gasteiger partial charge in [-0.3, -0.25) is 4.79 Å². The van der Waals surface area contributed by atoms with E-state index in [1.54, 1.807) is 6.08 Å². The molecule has 3 fully saturated rings. The molecule has 6 heteroatoms. The first-order valence-corrected chi connectivity index (χ1v) is 12.6. The van der Waals surface area contributed by atoms with Crippen molar-refractivity contribution in [3.63, 3.8) is 0 Å². The summed E-state index contributed by atoms with van der Waals surface area (Å²) in [6.07, 6.45) is 11.3. The minimum Gasteiger partial charge on any atom is -0.381 e. The molecule has 0 unspecified atom stereocenters. The Bertz CT molecular complexity index is 485. The van der Waals surface area contributed by atoms with Crippen molar-refractivity contribution in [2.45, 2.75) is 62.2 Å². The van der Waals surface area contributed by atoms with Gasteiger partial charge in [-0.15, -0.1) is 23.5 Å². The Hall–Kier alpha value is -0.0100. The van der Waals surface area contributed by atoms with Crippen LogP contribution in [0.4, 0.5) is 0 Å². The van der Waals surface area contributed by atoms with Gasteiger partial charge in [0.2, 0.25) is 0 Å². The standard InChI is InChI=1S/C21H34O4S2/c1-2-23-12-10-18(22)8-7-17-9-11-21(24-13-14-25-21)19(17)5-3-4-6-20-26-15-16-27-20/h7-8,17,19-20H,2-6,9-16H2,1H3/t17-,19+/m0/s1. The molecular formula is C21H34O4S2. The maximum absolute atomic E-state index is 12.1. The highest BCUT2D eigenvalue weighted by Gasteiger charge is 2.51. The Morgan fingerprint density at radius 1 is 1.19 bits per heavy atom. The topological polar surface area (TPSA) is 44.8 Å². The average molecular weight is 415 g/mol. The SMILES string of the molecule is CCOCCC(=O)C=C[C@H]1CCC2(OCCO2)[C@@H]1CCCCC1SCCS1. The first kappa shape index (κ1) is 21.7. The molecule has 0 aromatic rings. The number of ketones is 1. The summed E-state index contributed by atoms with van der Waals surface area (Å²) in [7, 11) is 0. The predicted octanol–water partition coefficient (Wildman–Crippen LogP) is 4.67. The molecule has 0 N–H and O–H groups in total. The molecule has 3 rings (SSSR count). The van der Waals surface area contributed by atoms with Crippen molar-refractivity contribution in [3.8, 4) is 0 Å². The molecule has 2 aliphatic heterocycles. The number of thioether (sulfide) groups is 2. The summed E-state index contributed by atoms with van der Waals surface area (Å²) in [5, 5.41) is 0. The van der Waals surface area contributed by atoms with Gasteiger partial charge in [0, 0.05) is 36.9 Å². The Labute approximate surface area is 172 Å². The van der Waals surface area contributed by atoms with Crippen molar-refractivity contribution in [3.05, 3.63) is 12.2 Å². The van der Waals surface area contributed by atoms with Gasteiger partial charge in [-0.1, -0.05) is 18.9 Å². The lowest BCUT2D eigenvalue weighted by atomic mass is 9.87. The molecule has 0 aromatic carbocycles. The zero-order valence-corrected chi connectivity index (χ0v) is 18.2. The van der Waals surface area contributed by atoms with Crippen molar-refractivity contribution in [1.29, 1.82) is 0 Å². The molecule has 0 radical (unpaired) electrons. The van der Waals surface area contributed by atoms with E-state index in [0.29, 0.717) is 44.7 Å². The number of ether oxygens (including phenoxy) is 3. The highest BCUT2D eigenvalue weighted by atomic mass is 32.2. The first-order chi connectivity index (χ1) is 13.2. The molecule has 3 aliphatic rings. The summed E-state index contributed by atoms with van der Waals surface area (Å²) in [4.78, 5) is 12.1. The van der Waals surface area contributed by atoms with Gasteiger partial charge in [0.1, 0.15) is 0 Å². The molecule has 2 heterocycles. The van der Waals surface area contributed by atoms with Crippen LogP contribution >= 0.6 is 23.5 Å². The number of hydrogen-bond donors (Lipinski definition) is 0. The third-order valence-electron chi connectivity index (χ3n) is 5.81. The quantitative estimate of drug-likeness (QED) is 0.361. The minimum atomic E-state index is -0.389. The van der Waals surface area contributed by atoms with E-state index in [2.05, 4.69) is 29.6 Å². The second-order valence-corrected chi connectivity index (χ2v) is 10.5. The normalized spacial score (nSPS) is 28.0. The maximum Gasteiger partial charge on any atom is 0.171 e. The number of carbonyl (C=O) groups is 1. The van der Waals surface area contributed by atoms with Crippen molar-refractivity contribution < 1.29 is 19.0 Å². The largest absolute Gasteiger partial charge is 0.381 e. The van der Waals surface area contributed by atoms with Crippen LogP contribution in [0.3, 0.4) is 0 Å². The van der Waals surface area contributed by atoms with E-state index in [0.717, 1.165) is 23.8 Å². The van der Waals surface area contributed by atoms with Crippen molar-refractivity contribution in [2.24, 2.45) is 11.8 Å². The number of unbranched alkanes of at least 4 members (excludes halogenated alkanes) is 1. The lowest BCUT2D eigenvalue weighted by Gasteiger charge is -2.31. The van der Waals surface area contributed by atoms with Crippen LogP contribution in [-0.4, -0.2) is 54.1 Å². The van der Waals surface area contributed by atoms with Gasteiger partial charge in [-0.25, -0.2) is 0 Å². The van der Waals surface area contributed by atoms with E-state index < -0.39 is 0 Å². The van der Waals surface area contributed by atoms with Gasteiger partial charge in [0.25, 0.3) is 0 Å². The van der Waals surface area contributed by atoms with Crippen LogP contribution in [0.25, 0.3) is 0 Å². The van der Waals surface area contributed by atoms with E-state index >= 15 is 0 Å². The number of allylic oxidation sites excluding steroid dienone is 2. The molecule has 4 nitrogen and oxygen atoms in total. The molecule has 2 saturated heterocycles. The number of hydrogen-bond acceptors (Lipinski definition) is 6. The summed E-state index contributed by atoms with van der Waals surface area (Å²) in [5.74, 6) is 3.15. The first-order valence-electron chi connectivity index (χ1n) is 10.5. The van der Waals surface area contributed by atoms with Gasteiger partial charge in [0.15, 0.2) is 11.6 Å². The molecular weight excluding hydrogens is 380 g/mol.